The van der Waals surface area contributed by atoms with Crippen LogP contribution >= 0.6 is 11.8 Å². The molecule has 4 rings (SSSR count). The molecule has 11 heteroatoms. The minimum absolute atomic E-state index is 0.0231. The second kappa shape index (κ2) is 8.67. The number of ether oxygens (including phenoxy) is 1. The lowest BCUT2D eigenvalue weighted by atomic mass is 10.2. The molecule has 1 aromatic carbocycles. The lowest BCUT2D eigenvalue weighted by Gasteiger charge is -2.03. The molecule has 2 N–H and O–H groups in total. The van der Waals surface area contributed by atoms with Gasteiger partial charge in [0.25, 0.3) is 0 Å². The zero-order chi connectivity index (χ0) is 21.0. The highest BCUT2D eigenvalue weighted by molar-refractivity contribution is 6.13. The topological polar surface area (TPSA) is 132 Å². The fourth-order valence-corrected chi connectivity index (χ4v) is 2.70. The number of hydrogen-bond acceptors (Lipinski definition) is 8. The van der Waals surface area contributed by atoms with E-state index in [1.54, 1.807) is 0 Å². The van der Waals surface area contributed by atoms with Crippen LogP contribution in [0.1, 0.15) is 32.4 Å². The number of oxazole rings is 1. The molecule has 0 radical (unpaired) electrons. The number of benzene rings is 1. The van der Waals surface area contributed by atoms with Gasteiger partial charge in [-0.05, 0) is 29.5 Å². The van der Waals surface area contributed by atoms with E-state index in [1.165, 1.54) is 23.9 Å². The van der Waals surface area contributed by atoms with Crippen molar-refractivity contribution < 1.29 is 23.8 Å². The first-order valence-electron chi connectivity index (χ1n) is 8.29. The molecule has 0 saturated heterocycles. The summed E-state index contributed by atoms with van der Waals surface area (Å²) in [6, 6.07) is 8.44. The van der Waals surface area contributed by atoms with Crippen molar-refractivity contribution >= 4 is 40.5 Å². The predicted molar refractivity (Wildman–Crippen MR) is 103 cm³/mol. The van der Waals surface area contributed by atoms with E-state index in [9.17, 15) is 9.59 Å². The Kier molecular flexibility index (Phi) is 6.05. The fraction of sp³-hybridized carbons (Fsp3) is 0.167. The van der Waals surface area contributed by atoms with Crippen LogP contribution in [0.2, 0.25) is 0 Å². The van der Waals surface area contributed by atoms with E-state index in [-0.39, 0.29) is 17.0 Å². The molecule has 0 bridgehead atoms. The van der Waals surface area contributed by atoms with Gasteiger partial charge in [0.05, 0.1) is 13.3 Å². The van der Waals surface area contributed by atoms with Crippen molar-refractivity contribution in [3.63, 3.8) is 0 Å². The van der Waals surface area contributed by atoms with E-state index in [4.69, 9.17) is 21.3 Å². The van der Waals surface area contributed by atoms with Crippen molar-refractivity contribution in [3.8, 4) is 0 Å². The van der Waals surface area contributed by atoms with Crippen LogP contribution in [-0.4, -0.2) is 43.7 Å². The Hall–Kier alpha value is -3.50. The zero-order valence-electron chi connectivity index (χ0n) is 15.4. The fourth-order valence-electron chi connectivity index (χ4n) is 2.55. The summed E-state index contributed by atoms with van der Waals surface area (Å²) in [5.74, 6) is -1.20. The number of nitrogens with one attached hydrogen (secondary N) is 1. The van der Waals surface area contributed by atoms with Crippen LogP contribution in [-0.2, 0) is 11.3 Å². The molecule has 0 unspecified atom stereocenters. The van der Waals surface area contributed by atoms with E-state index >= 15 is 0 Å². The monoisotopic (exact) mass is 417 g/mol. The van der Waals surface area contributed by atoms with Crippen molar-refractivity contribution in [2.24, 2.45) is 0 Å². The van der Waals surface area contributed by atoms with E-state index in [2.05, 4.69) is 24.6 Å². The third kappa shape index (κ3) is 4.50. The number of fused-ring (bicyclic) bond motifs is 2. The summed E-state index contributed by atoms with van der Waals surface area (Å²) in [6.45, 7) is 2.46. The number of carbonyl (C=O) groups is 2. The molecule has 3 heterocycles. The summed E-state index contributed by atoms with van der Waals surface area (Å²) < 4.78 is 11.1. The first-order valence-corrected chi connectivity index (χ1v) is 8.66. The summed E-state index contributed by atoms with van der Waals surface area (Å²) in [7, 11) is 1.21. The second-order valence-corrected chi connectivity index (χ2v) is 6.04. The van der Waals surface area contributed by atoms with E-state index in [1.807, 2.05) is 25.1 Å². The van der Waals surface area contributed by atoms with Crippen molar-refractivity contribution in [1.29, 1.82) is 0 Å². The third-order valence-corrected chi connectivity index (χ3v) is 3.94. The molecule has 0 aliphatic heterocycles. The number of carbonyl (C=O) groups excluding carboxylic acids is 1. The molecule has 0 spiro atoms. The molecule has 0 atom stereocenters. The molecular formula is C18H16ClN5O5. The van der Waals surface area contributed by atoms with Crippen molar-refractivity contribution in [1.82, 2.24) is 24.4 Å². The minimum Gasteiger partial charge on any atom is -0.477 e. The molecule has 0 amide bonds. The maximum atomic E-state index is 11.4. The Morgan fingerprint density at radius 1 is 1.28 bits per heavy atom. The predicted octanol–water partition coefficient (Wildman–Crippen LogP) is 2.59. The van der Waals surface area contributed by atoms with Gasteiger partial charge in [-0.1, -0.05) is 6.07 Å². The molecule has 150 valence electrons. The first-order chi connectivity index (χ1) is 13.9. The van der Waals surface area contributed by atoms with Crippen LogP contribution < -0.4 is 4.84 Å². The van der Waals surface area contributed by atoms with Gasteiger partial charge in [-0.25, -0.2) is 28.9 Å². The van der Waals surface area contributed by atoms with Gasteiger partial charge in [-0.15, -0.1) is 0 Å². The number of carboxylic acid groups (broad SMARTS) is 1. The summed E-state index contributed by atoms with van der Waals surface area (Å²) in [6.07, 6.45) is 1.42. The van der Waals surface area contributed by atoms with Gasteiger partial charge >= 0.3 is 11.9 Å². The quantitative estimate of drug-likeness (QED) is 0.379. The summed E-state index contributed by atoms with van der Waals surface area (Å²) in [5.41, 5.74) is 2.86. The average molecular weight is 418 g/mol. The standard InChI is InChI=1S/C9H9ClN2O.C9H7N3O4/c1-6-12-8-4-7(5-11-10)2-3-9(8)13-6;1-16-9(15)6-4-5(8(13)14)11-7-2-3-10-12(6)7/h2-4,11H,5H2,1H3;2-4H,1H3,(H,13,14). The first kappa shape index (κ1) is 20.2. The summed E-state index contributed by atoms with van der Waals surface area (Å²) in [5, 5.41) is 12.7. The Bertz CT molecular complexity index is 1190. The number of aromatic nitrogens is 4. The molecule has 3 aromatic heterocycles. The molecule has 4 aromatic rings. The van der Waals surface area contributed by atoms with E-state index < -0.39 is 11.9 Å². The molecule has 0 saturated carbocycles. The molecule has 0 aliphatic rings. The van der Waals surface area contributed by atoms with Crippen LogP contribution in [0.4, 0.5) is 0 Å². The molecule has 29 heavy (non-hydrogen) atoms. The highest BCUT2D eigenvalue weighted by atomic mass is 35.5. The van der Waals surface area contributed by atoms with Crippen LogP contribution in [0.15, 0.2) is 40.9 Å². The van der Waals surface area contributed by atoms with Gasteiger partial charge in [0.2, 0.25) is 0 Å². The number of esters is 1. The Labute approximate surface area is 169 Å². The molecular weight excluding hydrogens is 402 g/mol. The number of carboxylic acids is 1. The number of aromatic carboxylic acids is 1. The van der Waals surface area contributed by atoms with Gasteiger partial charge in [-0.2, -0.15) is 5.10 Å². The minimum atomic E-state index is -1.21. The van der Waals surface area contributed by atoms with Crippen LogP contribution in [0, 0.1) is 6.92 Å². The lowest BCUT2D eigenvalue weighted by Crippen LogP contribution is -2.13. The Balaban J connectivity index is 0.000000169. The van der Waals surface area contributed by atoms with Crippen molar-refractivity contribution in [2.45, 2.75) is 13.5 Å². The van der Waals surface area contributed by atoms with Crippen molar-refractivity contribution in [3.05, 3.63) is 59.4 Å². The van der Waals surface area contributed by atoms with E-state index in [0.717, 1.165) is 22.7 Å². The number of methoxy groups -OCH3 is 1. The van der Waals surface area contributed by atoms with Crippen molar-refractivity contribution in [2.75, 3.05) is 7.11 Å². The van der Waals surface area contributed by atoms with Crippen LogP contribution in [0.5, 0.6) is 0 Å². The maximum Gasteiger partial charge on any atom is 0.356 e. The van der Waals surface area contributed by atoms with Crippen LogP contribution in [0.3, 0.4) is 0 Å². The zero-order valence-corrected chi connectivity index (χ0v) is 16.2. The molecule has 10 nitrogen and oxygen atoms in total. The Morgan fingerprint density at radius 3 is 2.76 bits per heavy atom. The normalized spacial score (nSPS) is 10.6. The number of aryl methyl sites for hydroxylation is 1. The van der Waals surface area contributed by atoms with Gasteiger partial charge < -0.3 is 14.3 Å². The number of rotatable bonds is 4. The Morgan fingerprint density at radius 2 is 2.07 bits per heavy atom. The lowest BCUT2D eigenvalue weighted by molar-refractivity contribution is 0.0590. The largest absolute Gasteiger partial charge is 0.477 e. The highest BCUT2D eigenvalue weighted by Gasteiger charge is 2.16. The van der Waals surface area contributed by atoms with Crippen LogP contribution in [0.25, 0.3) is 16.7 Å². The SMILES string of the molecule is COC(=O)c1cc(C(=O)O)nc2ccnn12.Cc1nc2cc(CNCl)ccc2o1. The van der Waals surface area contributed by atoms with Gasteiger partial charge in [-0.3, -0.25) is 0 Å². The molecule has 0 aliphatic carbocycles. The number of halogens is 1. The summed E-state index contributed by atoms with van der Waals surface area (Å²) >= 11 is 5.40. The van der Waals surface area contributed by atoms with Gasteiger partial charge in [0.15, 0.2) is 28.5 Å². The average Bonchev–Trinajstić information content (AvgIpc) is 3.32. The number of hydrogen-bond donors (Lipinski definition) is 2. The van der Waals surface area contributed by atoms with E-state index in [0.29, 0.717) is 12.4 Å². The maximum absolute atomic E-state index is 11.4. The molecule has 0 fully saturated rings. The second-order valence-electron chi connectivity index (χ2n) is 5.77. The third-order valence-electron chi connectivity index (χ3n) is 3.80. The highest BCUT2D eigenvalue weighted by Crippen LogP contribution is 2.16. The van der Waals surface area contributed by atoms with Gasteiger partial charge in [0, 0.05) is 25.6 Å². The smallest absolute Gasteiger partial charge is 0.356 e. The number of nitrogens with zero attached hydrogens (tertiary/aromatic N) is 4. The summed E-state index contributed by atoms with van der Waals surface area (Å²) in [4.78, 5) is 32.8. The van der Waals surface area contributed by atoms with Gasteiger partial charge in [0.1, 0.15) is 5.52 Å².